The van der Waals surface area contributed by atoms with Crippen LogP contribution in [0, 0.1) is 0 Å². The molecule has 1 aliphatic heterocycles. The lowest BCUT2D eigenvalue weighted by Gasteiger charge is -2.26. The summed E-state index contributed by atoms with van der Waals surface area (Å²) < 4.78 is 16.8. The molecule has 0 aliphatic carbocycles. The van der Waals surface area contributed by atoms with Crippen LogP contribution in [0.5, 0.6) is 5.75 Å². The predicted molar refractivity (Wildman–Crippen MR) is 121 cm³/mol. The van der Waals surface area contributed by atoms with Crippen molar-refractivity contribution >= 4 is 55.1 Å². The van der Waals surface area contributed by atoms with Crippen LogP contribution < -0.4 is 10.1 Å². The average Bonchev–Trinajstić information content (AvgIpc) is 3.33. The van der Waals surface area contributed by atoms with Crippen LogP contribution in [-0.2, 0) is 22.4 Å². The molecule has 0 radical (unpaired) electrons. The van der Waals surface area contributed by atoms with Crippen LogP contribution in [0.1, 0.15) is 34.6 Å². The summed E-state index contributed by atoms with van der Waals surface area (Å²) in [6, 6.07) is 5.76. The smallest absolute Gasteiger partial charge is 0.410 e. The van der Waals surface area contributed by atoms with Crippen molar-refractivity contribution in [2.45, 2.75) is 26.8 Å². The molecular formula is C21H23N3O5S2. The van der Waals surface area contributed by atoms with Gasteiger partial charge in [-0.25, -0.2) is 14.6 Å². The zero-order valence-electron chi connectivity index (χ0n) is 17.5. The van der Waals surface area contributed by atoms with Gasteiger partial charge < -0.3 is 24.4 Å². The lowest BCUT2D eigenvalue weighted by atomic mass is 10.0. The Kier molecular flexibility index (Phi) is 6.28. The van der Waals surface area contributed by atoms with E-state index in [-0.39, 0.29) is 18.7 Å². The van der Waals surface area contributed by atoms with Gasteiger partial charge in [-0.3, -0.25) is 0 Å². The number of rotatable bonds is 6. The molecule has 1 aromatic carbocycles. The number of anilines is 2. The van der Waals surface area contributed by atoms with Crippen molar-refractivity contribution in [2.24, 2.45) is 0 Å². The lowest BCUT2D eigenvalue weighted by Crippen LogP contribution is -2.36. The molecule has 0 atom stereocenters. The van der Waals surface area contributed by atoms with Crippen molar-refractivity contribution in [1.29, 1.82) is 0 Å². The molecule has 10 heteroatoms. The molecule has 2 aromatic heterocycles. The van der Waals surface area contributed by atoms with Gasteiger partial charge in [0, 0.05) is 11.4 Å². The highest BCUT2D eigenvalue weighted by atomic mass is 32.1. The van der Waals surface area contributed by atoms with E-state index >= 15 is 0 Å². The van der Waals surface area contributed by atoms with Gasteiger partial charge in [-0.05, 0) is 38.0 Å². The van der Waals surface area contributed by atoms with Crippen molar-refractivity contribution in [1.82, 2.24) is 9.88 Å². The molecular weight excluding hydrogens is 438 g/mol. The molecule has 4 rings (SSSR count). The summed E-state index contributed by atoms with van der Waals surface area (Å²) in [5, 5.41) is 4.65. The third kappa shape index (κ3) is 4.17. The van der Waals surface area contributed by atoms with Crippen LogP contribution in [0.2, 0.25) is 0 Å². The van der Waals surface area contributed by atoms with Crippen LogP contribution in [0.4, 0.5) is 14.9 Å². The molecule has 8 nitrogen and oxygen atoms in total. The Hall–Kier alpha value is -2.85. The quantitative estimate of drug-likeness (QED) is 0.527. The highest BCUT2D eigenvalue weighted by Crippen LogP contribution is 2.41. The first-order valence-corrected chi connectivity index (χ1v) is 11.6. The Labute approximate surface area is 187 Å². The van der Waals surface area contributed by atoms with Gasteiger partial charge in [0.05, 0.1) is 37.1 Å². The van der Waals surface area contributed by atoms with Gasteiger partial charge in [-0.2, -0.15) is 0 Å². The predicted octanol–water partition coefficient (Wildman–Crippen LogP) is 4.80. The number of esters is 1. The summed E-state index contributed by atoms with van der Waals surface area (Å²) in [5.41, 5.74) is 2.21. The minimum atomic E-state index is -0.370. The number of methoxy groups -OCH3 is 1. The van der Waals surface area contributed by atoms with Crippen molar-refractivity contribution in [3.63, 3.8) is 0 Å². The fourth-order valence-electron chi connectivity index (χ4n) is 3.52. The first-order chi connectivity index (χ1) is 15.0. The minimum Gasteiger partial charge on any atom is -0.494 e. The monoisotopic (exact) mass is 461 g/mol. The molecule has 164 valence electrons. The van der Waals surface area contributed by atoms with Crippen molar-refractivity contribution in [3.8, 4) is 5.75 Å². The molecule has 3 aromatic rings. The number of fused-ring (bicyclic) bond motifs is 2. The lowest BCUT2D eigenvalue weighted by molar-refractivity contribution is 0.0526. The molecule has 0 unspecified atom stereocenters. The van der Waals surface area contributed by atoms with E-state index in [1.807, 2.05) is 18.2 Å². The van der Waals surface area contributed by atoms with Gasteiger partial charge in [0.1, 0.15) is 16.3 Å². The van der Waals surface area contributed by atoms with Crippen molar-refractivity contribution in [2.75, 3.05) is 32.2 Å². The number of nitrogens with zero attached hydrogens (tertiary/aromatic N) is 2. The number of amides is 1. The maximum absolute atomic E-state index is 12.8. The molecule has 1 aliphatic rings. The normalized spacial score (nSPS) is 13.1. The molecule has 3 heterocycles. The summed E-state index contributed by atoms with van der Waals surface area (Å²) in [4.78, 5) is 32.2. The Morgan fingerprint density at radius 1 is 1.19 bits per heavy atom. The number of carbonyl (C=O) groups excluding carboxylic acids is 2. The maximum Gasteiger partial charge on any atom is 0.410 e. The number of thiophene rings is 1. The molecule has 0 bridgehead atoms. The average molecular weight is 462 g/mol. The fourth-order valence-corrected chi connectivity index (χ4v) is 5.72. The largest absolute Gasteiger partial charge is 0.494 e. The SMILES string of the molecule is CCOC(=O)c1c(Nc2nc3c(OC)cccc3s2)sc2c1CCN(C(=O)OCC)C2. The van der Waals surface area contributed by atoms with Crippen molar-refractivity contribution < 1.29 is 23.8 Å². The third-order valence-electron chi connectivity index (χ3n) is 4.88. The topological polar surface area (TPSA) is 90.0 Å². The minimum absolute atomic E-state index is 0.288. The number of benzene rings is 1. The Morgan fingerprint density at radius 2 is 2.00 bits per heavy atom. The van der Waals surface area contributed by atoms with E-state index in [2.05, 4.69) is 10.3 Å². The standard InChI is InChI=1S/C21H23N3O5S2/c1-4-28-19(25)16-12-9-10-24(21(26)29-5-2)11-15(12)30-18(16)23-20-22-17-13(27-3)7-6-8-14(17)31-20/h6-8H,4-5,9-11H2,1-3H3,(H,22,23). The van der Waals surface area contributed by atoms with E-state index in [1.54, 1.807) is 25.9 Å². The highest BCUT2D eigenvalue weighted by molar-refractivity contribution is 7.23. The number of hydrogen-bond acceptors (Lipinski definition) is 9. The van der Waals surface area contributed by atoms with Gasteiger partial charge in [-0.15, -0.1) is 11.3 Å². The van der Waals surface area contributed by atoms with Crippen molar-refractivity contribution in [3.05, 3.63) is 34.2 Å². The second-order valence-corrected chi connectivity index (χ2v) is 8.89. The van der Waals surface area contributed by atoms with E-state index in [0.717, 1.165) is 20.7 Å². The highest BCUT2D eigenvalue weighted by Gasteiger charge is 2.31. The number of carbonyl (C=O) groups is 2. The molecule has 1 amide bonds. The van der Waals surface area contributed by atoms with Crippen LogP contribution in [-0.4, -0.2) is 48.8 Å². The van der Waals surface area contributed by atoms with E-state index in [9.17, 15) is 9.59 Å². The third-order valence-corrected chi connectivity index (χ3v) is 6.95. The molecule has 1 N–H and O–H groups in total. The zero-order valence-corrected chi connectivity index (χ0v) is 19.2. The Morgan fingerprint density at radius 3 is 2.74 bits per heavy atom. The second-order valence-electron chi connectivity index (χ2n) is 6.75. The summed E-state index contributed by atoms with van der Waals surface area (Å²) in [6.45, 7) is 5.08. The maximum atomic E-state index is 12.8. The summed E-state index contributed by atoms with van der Waals surface area (Å²) >= 11 is 2.93. The van der Waals surface area contributed by atoms with Crippen LogP contribution in [0.3, 0.4) is 0 Å². The Balaban J connectivity index is 1.69. The van der Waals surface area contributed by atoms with Gasteiger partial charge in [0.25, 0.3) is 0 Å². The molecule has 31 heavy (non-hydrogen) atoms. The first-order valence-electron chi connectivity index (χ1n) is 9.99. The van der Waals surface area contributed by atoms with Gasteiger partial charge in [0.2, 0.25) is 0 Å². The summed E-state index contributed by atoms with van der Waals surface area (Å²) in [7, 11) is 1.61. The number of thiazole rings is 1. The molecule has 0 spiro atoms. The zero-order chi connectivity index (χ0) is 22.0. The first kappa shape index (κ1) is 21.4. The number of ether oxygens (including phenoxy) is 3. The van der Waals surface area contributed by atoms with E-state index in [1.165, 1.54) is 22.7 Å². The fraction of sp³-hybridized carbons (Fsp3) is 0.381. The van der Waals surface area contributed by atoms with E-state index in [4.69, 9.17) is 14.2 Å². The van der Waals surface area contributed by atoms with Gasteiger partial charge in [0.15, 0.2) is 5.13 Å². The Bertz CT molecular complexity index is 1120. The van der Waals surface area contributed by atoms with Crippen LogP contribution >= 0.6 is 22.7 Å². The number of nitrogens with one attached hydrogen (secondary N) is 1. The van der Waals surface area contributed by atoms with E-state index in [0.29, 0.717) is 47.6 Å². The van der Waals surface area contributed by atoms with E-state index < -0.39 is 0 Å². The molecule has 0 saturated carbocycles. The van der Waals surface area contributed by atoms with Gasteiger partial charge >= 0.3 is 12.1 Å². The number of hydrogen-bond donors (Lipinski definition) is 1. The summed E-state index contributed by atoms with van der Waals surface area (Å²) in [5.74, 6) is 0.328. The molecule has 0 saturated heterocycles. The number of para-hydroxylation sites is 1. The summed E-state index contributed by atoms with van der Waals surface area (Å²) in [6.07, 6.45) is 0.223. The van der Waals surface area contributed by atoms with Crippen LogP contribution in [0.15, 0.2) is 18.2 Å². The van der Waals surface area contributed by atoms with Gasteiger partial charge in [-0.1, -0.05) is 17.4 Å². The number of aromatic nitrogens is 1. The second kappa shape index (κ2) is 9.11. The molecule has 0 fully saturated rings. The van der Waals surface area contributed by atoms with Crippen LogP contribution in [0.25, 0.3) is 10.2 Å².